The first-order chi connectivity index (χ1) is 9.41. The Balaban J connectivity index is 1.99. The van der Waals surface area contributed by atoms with Gasteiger partial charge in [-0.25, -0.2) is 0 Å². The van der Waals surface area contributed by atoms with E-state index in [0.29, 0.717) is 11.3 Å². The van der Waals surface area contributed by atoms with Gasteiger partial charge in [0.15, 0.2) is 5.78 Å². The van der Waals surface area contributed by atoms with Gasteiger partial charge in [-0.1, -0.05) is 45.0 Å². The number of hydrogen-bond acceptors (Lipinski definition) is 2. The molecule has 0 saturated heterocycles. The molecule has 2 rings (SSSR count). The maximum atomic E-state index is 11.5. The van der Waals surface area contributed by atoms with Crippen LogP contribution in [0.15, 0.2) is 24.3 Å². The number of nitrogens with two attached hydrogens (primary N) is 1. The molecule has 0 radical (unpaired) electrons. The second kappa shape index (κ2) is 6.09. The number of rotatable bonds is 3. The van der Waals surface area contributed by atoms with E-state index in [2.05, 4.69) is 32.9 Å². The molecule has 1 fully saturated rings. The summed E-state index contributed by atoms with van der Waals surface area (Å²) in [7, 11) is 0. The van der Waals surface area contributed by atoms with Crippen LogP contribution in [-0.4, -0.2) is 12.3 Å². The second-order valence-corrected chi connectivity index (χ2v) is 7.16. The summed E-state index contributed by atoms with van der Waals surface area (Å²) in [6.45, 7) is 7.15. The molecule has 2 nitrogen and oxygen atoms in total. The summed E-state index contributed by atoms with van der Waals surface area (Å²) < 4.78 is 0. The summed E-state index contributed by atoms with van der Waals surface area (Å²) in [5.41, 5.74) is 7.94. The van der Waals surface area contributed by atoms with Gasteiger partial charge in [-0.2, -0.15) is 0 Å². The third-order valence-electron chi connectivity index (χ3n) is 4.84. The van der Waals surface area contributed by atoms with Gasteiger partial charge in [0.1, 0.15) is 0 Å². The van der Waals surface area contributed by atoms with E-state index < -0.39 is 0 Å². The van der Waals surface area contributed by atoms with Crippen molar-refractivity contribution < 1.29 is 4.79 Å². The predicted octanol–water partition coefficient (Wildman–Crippen LogP) is 4.15. The Morgan fingerprint density at radius 3 is 2.10 bits per heavy atom. The zero-order valence-electron chi connectivity index (χ0n) is 13.0. The zero-order chi connectivity index (χ0) is 14.8. The van der Waals surface area contributed by atoms with Crippen molar-refractivity contribution >= 4 is 5.78 Å². The van der Waals surface area contributed by atoms with E-state index in [4.69, 9.17) is 5.73 Å². The number of carbonyl (C=O) groups excluding carboxylic acids is 1. The minimum absolute atomic E-state index is 0.0213. The van der Waals surface area contributed by atoms with E-state index in [0.717, 1.165) is 11.5 Å². The normalized spacial score (nSPS) is 23.6. The van der Waals surface area contributed by atoms with Gasteiger partial charge in [0, 0.05) is 5.56 Å². The van der Waals surface area contributed by atoms with Crippen LogP contribution in [0.25, 0.3) is 0 Å². The van der Waals surface area contributed by atoms with Crippen LogP contribution in [0.2, 0.25) is 0 Å². The van der Waals surface area contributed by atoms with Crippen molar-refractivity contribution in [1.82, 2.24) is 0 Å². The average Bonchev–Trinajstić information content (AvgIpc) is 2.46. The summed E-state index contributed by atoms with van der Waals surface area (Å²) in [6.07, 6.45) is 5.17. The highest BCUT2D eigenvalue weighted by Crippen LogP contribution is 2.43. The lowest BCUT2D eigenvalue weighted by Gasteiger charge is -2.37. The molecule has 110 valence electrons. The van der Waals surface area contributed by atoms with Gasteiger partial charge in [0.2, 0.25) is 0 Å². The fourth-order valence-electron chi connectivity index (χ4n) is 3.35. The largest absolute Gasteiger partial charge is 0.324 e. The van der Waals surface area contributed by atoms with Crippen molar-refractivity contribution in [3.05, 3.63) is 35.4 Å². The fraction of sp³-hybridized carbons (Fsp3) is 0.611. The van der Waals surface area contributed by atoms with Crippen LogP contribution in [0.1, 0.15) is 68.3 Å². The van der Waals surface area contributed by atoms with E-state index >= 15 is 0 Å². The molecule has 2 heteroatoms. The minimum Gasteiger partial charge on any atom is -0.324 e. The Morgan fingerprint density at radius 1 is 1.10 bits per heavy atom. The topological polar surface area (TPSA) is 43.1 Å². The Morgan fingerprint density at radius 2 is 1.65 bits per heavy atom. The van der Waals surface area contributed by atoms with Crippen LogP contribution in [0.5, 0.6) is 0 Å². The fourth-order valence-corrected chi connectivity index (χ4v) is 3.35. The lowest BCUT2D eigenvalue weighted by Crippen LogP contribution is -2.25. The van der Waals surface area contributed by atoms with Crippen LogP contribution in [0.3, 0.4) is 0 Å². The van der Waals surface area contributed by atoms with E-state index in [1.54, 1.807) is 0 Å². The molecule has 0 spiro atoms. The highest BCUT2D eigenvalue weighted by molar-refractivity contribution is 5.97. The highest BCUT2D eigenvalue weighted by atomic mass is 16.1. The molecule has 1 aromatic carbocycles. The zero-order valence-corrected chi connectivity index (χ0v) is 13.0. The van der Waals surface area contributed by atoms with Crippen molar-refractivity contribution in [2.45, 2.75) is 52.4 Å². The van der Waals surface area contributed by atoms with Crippen LogP contribution >= 0.6 is 0 Å². The summed E-state index contributed by atoms with van der Waals surface area (Å²) in [4.78, 5) is 11.5. The Bertz CT molecular complexity index is 447. The van der Waals surface area contributed by atoms with Crippen molar-refractivity contribution in [2.75, 3.05) is 6.54 Å². The van der Waals surface area contributed by atoms with Gasteiger partial charge in [-0.3, -0.25) is 4.79 Å². The van der Waals surface area contributed by atoms with Crippen molar-refractivity contribution in [2.24, 2.45) is 17.1 Å². The molecule has 0 amide bonds. The smallest absolute Gasteiger partial charge is 0.176 e. The molecule has 20 heavy (non-hydrogen) atoms. The number of benzene rings is 1. The van der Waals surface area contributed by atoms with Crippen LogP contribution in [-0.2, 0) is 0 Å². The van der Waals surface area contributed by atoms with E-state index in [-0.39, 0.29) is 12.3 Å². The van der Waals surface area contributed by atoms with Gasteiger partial charge in [-0.15, -0.1) is 0 Å². The molecule has 1 aromatic rings. The summed E-state index contributed by atoms with van der Waals surface area (Å²) in [5.74, 6) is 1.53. The van der Waals surface area contributed by atoms with Gasteiger partial charge in [0.25, 0.3) is 0 Å². The van der Waals surface area contributed by atoms with E-state index in [1.165, 1.54) is 31.2 Å². The van der Waals surface area contributed by atoms with Gasteiger partial charge >= 0.3 is 0 Å². The lowest BCUT2D eigenvalue weighted by atomic mass is 9.68. The number of carbonyl (C=O) groups is 1. The summed E-state index contributed by atoms with van der Waals surface area (Å²) in [6, 6.07) is 8.09. The van der Waals surface area contributed by atoms with E-state index in [1.807, 2.05) is 12.1 Å². The predicted molar refractivity (Wildman–Crippen MR) is 84.0 cm³/mol. The molecule has 0 atom stereocenters. The molecule has 1 aliphatic rings. The monoisotopic (exact) mass is 273 g/mol. The van der Waals surface area contributed by atoms with E-state index in [9.17, 15) is 4.79 Å². The SMILES string of the molecule is CC(C)(C)C1CCC(c2ccc(C(=O)CN)cc2)CC1. The molecule has 0 bridgehead atoms. The standard InChI is InChI=1S/C18H27NO/c1-18(2,3)16-10-8-14(9-11-16)13-4-6-15(7-5-13)17(20)12-19/h4-7,14,16H,8-12,19H2,1-3H3. The maximum Gasteiger partial charge on any atom is 0.176 e. The van der Waals surface area contributed by atoms with Crippen molar-refractivity contribution in [3.63, 3.8) is 0 Å². The summed E-state index contributed by atoms with van der Waals surface area (Å²) in [5, 5.41) is 0. The highest BCUT2D eigenvalue weighted by Gasteiger charge is 2.30. The molecule has 0 heterocycles. The summed E-state index contributed by atoms with van der Waals surface area (Å²) >= 11 is 0. The van der Waals surface area contributed by atoms with Crippen LogP contribution in [0.4, 0.5) is 0 Å². The first-order valence-electron chi connectivity index (χ1n) is 7.75. The van der Waals surface area contributed by atoms with Gasteiger partial charge in [0.05, 0.1) is 6.54 Å². The molecular weight excluding hydrogens is 246 g/mol. The Kier molecular flexibility index (Phi) is 4.64. The third-order valence-corrected chi connectivity index (χ3v) is 4.84. The number of Topliss-reactive ketones (excluding diaryl/α,β-unsaturated/α-hetero) is 1. The number of hydrogen-bond donors (Lipinski definition) is 1. The van der Waals surface area contributed by atoms with Gasteiger partial charge < -0.3 is 5.73 Å². The molecule has 0 aliphatic heterocycles. The van der Waals surface area contributed by atoms with Crippen LogP contribution in [0, 0.1) is 11.3 Å². The molecular formula is C18H27NO. The van der Waals surface area contributed by atoms with Gasteiger partial charge in [-0.05, 0) is 48.5 Å². The maximum absolute atomic E-state index is 11.5. The first kappa shape index (κ1) is 15.2. The van der Waals surface area contributed by atoms with Crippen molar-refractivity contribution in [3.8, 4) is 0 Å². The van der Waals surface area contributed by atoms with Crippen molar-refractivity contribution in [1.29, 1.82) is 0 Å². The third kappa shape index (κ3) is 3.49. The first-order valence-corrected chi connectivity index (χ1v) is 7.75. The Labute approximate surface area is 122 Å². The second-order valence-electron chi connectivity index (χ2n) is 7.16. The molecule has 0 unspecified atom stereocenters. The Hall–Kier alpha value is -1.15. The molecule has 0 aromatic heterocycles. The lowest BCUT2D eigenvalue weighted by molar-refractivity contribution is 0.100. The molecule has 1 saturated carbocycles. The molecule has 1 aliphatic carbocycles. The quantitative estimate of drug-likeness (QED) is 0.841. The average molecular weight is 273 g/mol. The minimum atomic E-state index is 0.0213. The molecule has 2 N–H and O–H groups in total. The number of ketones is 1. The van der Waals surface area contributed by atoms with Crippen LogP contribution < -0.4 is 5.73 Å².